The number of hydrogen-bond donors (Lipinski definition) is 1. The third-order valence-corrected chi connectivity index (χ3v) is 4.96. The van der Waals surface area contributed by atoms with Crippen molar-refractivity contribution < 1.29 is 4.39 Å². The molecule has 2 N–H and O–H groups in total. The summed E-state index contributed by atoms with van der Waals surface area (Å²) in [6, 6.07) is 14.1. The van der Waals surface area contributed by atoms with Crippen LogP contribution >= 0.6 is 33.9 Å². The zero-order valence-electron chi connectivity index (χ0n) is 10.8. The van der Waals surface area contributed by atoms with E-state index in [2.05, 4.69) is 32.8 Å². The number of halogens is 2. The van der Waals surface area contributed by atoms with Crippen LogP contribution in [-0.2, 0) is 0 Å². The molecule has 1 aromatic heterocycles. The number of aromatic nitrogens is 2. The van der Waals surface area contributed by atoms with Gasteiger partial charge in [-0.15, -0.1) is 10.2 Å². The van der Waals surface area contributed by atoms with Crippen LogP contribution in [-0.4, -0.2) is 10.2 Å². The van der Waals surface area contributed by atoms with E-state index in [1.54, 1.807) is 6.07 Å². The molecular formula is C15H11FIN3S. The Kier molecular flexibility index (Phi) is 4.27. The van der Waals surface area contributed by atoms with Crippen molar-refractivity contribution in [1.29, 1.82) is 0 Å². The van der Waals surface area contributed by atoms with Crippen molar-refractivity contribution in [2.75, 3.05) is 0 Å². The van der Waals surface area contributed by atoms with Crippen LogP contribution < -0.4 is 5.73 Å². The second-order valence-corrected chi connectivity index (χ2v) is 6.63. The molecule has 2 aromatic carbocycles. The predicted octanol–water partition coefficient (Wildman–Crippen LogP) is 4.00. The maximum Gasteiger partial charge on any atom is 0.148 e. The Morgan fingerprint density at radius 1 is 1.10 bits per heavy atom. The first-order chi connectivity index (χ1) is 10.1. The summed E-state index contributed by atoms with van der Waals surface area (Å²) < 4.78 is 14.0. The highest BCUT2D eigenvalue weighted by atomic mass is 127. The number of rotatable bonds is 3. The van der Waals surface area contributed by atoms with Crippen LogP contribution in [0.3, 0.4) is 0 Å². The minimum Gasteiger partial charge on any atom is -0.318 e. The summed E-state index contributed by atoms with van der Waals surface area (Å²) in [5.41, 5.74) is 8.09. The molecule has 0 bridgehead atoms. The van der Waals surface area contributed by atoms with Gasteiger partial charge in [-0.05, 0) is 46.4 Å². The topological polar surface area (TPSA) is 51.8 Å². The van der Waals surface area contributed by atoms with Gasteiger partial charge in [0.2, 0.25) is 0 Å². The molecule has 0 saturated carbocycles. The fraction of sp³-hybridized carbons (Fsp3) is 0.0667. The summed E-state index contributed by atoms with van der Waals surface area (Å²) in [5, 5.41) is 9.86. The van der Waals surface area contributed by atoms with Gasteiger partial charge in [0.25, 0.3) is 0 Å². The summed E-state index contributed by atoms with van der Waals surface area (Å²) in [7, 11) is 0. The van der Waals surface area contributed by atoms with Crippen molar-refractivity contribution in [3.63, 3.8) is 0 Å². The highest BCUT2D eigenvalue weighted by molar-refractivity contribution is 14.1. The van der Waals surface area contributed by atoms with Gasteiger partial charge in [-0.2, -0.15) is 0 Å². The number of nitrogens with zero attached hydrogens (tertiary/aromatic N) is 2. The van der Waals surface area contributed by atoms with Crippen molar-refractivity contribution >= 4 is 33.9 Å². The zero-order valence-corrected chi connectivity index (χ0v) is 13.8. The second kappa shape index (κ2) is 6.17. The lowest BCUT2D eigenvalue weighted by atomic mass is 10.1. The van der Waals surface area contributed by atoms with Crippen molar-refractivity contribution in [2.24, 2.45) is 5.73 Å². The third kappa shape index (κ3) is 3.12. The van der Waals surface area contributed by atoms with E-state index in [9.17, 15) is 4.39 Å². The monoisotopic (exact) mass is 411 g/mol. The van der Waals surface area contributed by atoms with Gasteiger partial charge >= 0.3 is 0 Å². The molecule has 6 heteroatoms. The summed E-state index contributed by atoms with van der Waals surface area (Å²) in [5.74, 6) is -0.256. The van der Waals surface area contributed by atoms with E-state index >= 15 is 0 Å². The summed E-state index contributed by atoms with van der Waals surface area (Å²) in [6.45, 7) is 0. The maximum atomic E-state index is 13.2. The van der Waals surface area contributed by atoms with Crippen LogP contribution in [0.5, 0.6) is 0 Å². The molecule has 3 rings (SSSR count). The SMILES string of the molecule is NC(c1ccccc1)c1nnc(-c2ccc(F)cc2I)s1. The summed E-state index contributed by atoms with van der Waals surface area (Å²) >= 11 is 3.53. The van der Waals surface area contributed by atoms with E-state index in [4.69, 9.17) is 5.73 Å². The Morgan fingerprint density at radius 3 is 2.57 bits per heavy atom. The molecule has 0 spiro atoms. The van der Waals surface area contributed by atoms with Crippen LogP contribution in [0.15, 0.2) is 48.5 Å². The van der Waals surface area contributed by atoms with Crippen LogP contribution in [0, 0.1) is 9.39 Å². The second-order valence-electron chi connectivity index (χ2n) is 4.46. The van der Waals surface area contributed by atoms with E-state index in [0.717, 1.165) is 24.7 Å². The van der Waals surface area contributed by atoms with Crippen LogP contribution in [0.25, 0.3) is 10.6 Å². The number of hydrogen-bond acceptors (Lipinski definition) is 4. The average Bonchev–Trinajstić information content (AvgIpc) is 2.97. The van der Waals surface area contributed by atoms with Gasteiger partial charge in [0, 0.05) is 9.13 Å². The minimum atomic E-state index is -0.296. The molecule has 0 radical (unpaired) electrons. The van der Waals surface area contributed by atoms with Crippen LogP contribution in [0.4, 0.5) is 4.39 Å². The lowest BCUT2D eigenvalue weighted by Gasteiger charge is -2.07. The highest BCUT2D eigenvalue weighted by Gasteiger charge is 2.16. The Labute approximate surface area is 139 Å². The molecule has 3 nitrogen and oxygen atoms in total. The Hall–Kier alpha value is -1.38. The average molecular weight is 411 g/mol. The fourth-order valence-electron chi connectivity index (χ4n) is 1.93. The quantitative estimate of drug-likeness (QED) is 0.663. The molecule has 1 atom stereocenters. The molecule has 0 saturated heterocycles. The van der Waals surface area contributed by atoms with E-state index in [1.807, 2.05) is 30.3 Å². The smallest absolute Gasteiger partial charge is 0.148 e. The van der Waals surface area contributed by atoms with E-state index in [-0.39, 0.29) is 11.9 Å². The van der Waals surface area contributed by atoms with Crippen molar-refractivity contribution in [3.8, 4) is 10.6 Å². The highest BCUT2D eigenvalue weighted by Crippen LogP contribution is 2.31. The van der Waals surface area contributed by atoms with Crippen molar-refractivity contribution in [3.05, 3.63) is 68.5 Å². The lowest BCUT2D eigenvalue weighted by molar-refractivity contribution is 0.627. The van der Waals surface area contributed by atoms with E-state index < -0.39 is 0 Å². The first kappa shape index (κ1) is 14.6. The maximum absolute atomic E-state index is 13.2. The normalized spacial score (nSPS) is 12.3. The predicted molar refractivity (Wildman–Crippen MR) is 90.5 cm³/mol. The standard InChI is InChI=1S/C15H11FIN3S/c16-10-6-7-11(12(17)8-10)14-19-20-15(21-14)13(18)9-4-2-1-3-5-9/h1-8,13H,18H2. The van der Waals surface area contributed by atoms with Gasteiger partial charge in [-0.1, -0.05) is 41.7 Å². The molecule has 3 aromatic rings. The Bertz CT molecular complexity index is 761. The molecule has 1 unspecified atom stereocenters. The van der Waals surface area contributed by atoms with Gasteiger partial charge < -0.3 is 5.73 Å². The van der Waals surface area contributed by atoms with Crippen molar-refractivity contribution in [1.82, 2.24) is 10.2 Å². The first-order valence-electron chi connectivity index (χ1n) is 6.24. The van der Waals surface area contributed by atoms with Gasteiger partial charge in [0.05, 0.1) is 6.04 Å². The van der Waals surface area contributed by atoms with Crippen LogP contribution in [0.1, 0.15) is 16.6 Å². The van der Waals surface area contributed by atoms with Gasteiger partial charge in [-0.3, -0.25) is 0 Å². The molecule has 1 heterocycles. The van der Waals surface area contributed by atoms with Crippen LogP contribution in [0.2, 0.25) is 0 Å². The molecule has 0 aliphatic carbocycles. The Morgan fingerprint density at radius 2 is 1.86 bits per heavy atom. The Balaban J connectivity index is 1.93. The fourth-order valence-corrected chi connectivity index (χ4v) is 3.76. The third-order valence-electron chi connectivity index (χ3n) is 3.03. The largest absolute Gasteiger partial charge is 0.318 e. The molecule has 21 heavy (non-hydrogen) atoms. The van der Waals surface area contributed by atoms with Gasteiger partial charge in [0.15, 0.2) is 0 Å². The molecular weight excluding hydrogens is 400 g/mol. The summed E-state index contributed by atoms with van der Waals surface area (Å²) in [4.78, 5) is 0. The molecule has 0 aliphatic rings. The van der Waals surface area contributed by atoms with E-state index in [0.29, 0.717) is 0 Å². The first-order valence-corrected chi connectivity index (χ1v) is 8.14. The van der Waals surface area contributed by atoms with Gasteiger partial charge in [-0.25, -0.2) is 4.39 Å². The zero-order chi connectivity index (χ0) is 14.8. The minimum absolute atomic E-state index is 0.256. The van der Waals surface area contributed by atoms with E-state index in [1.165, 1.54) is 23.5 Å². The number of nitrogens with two attached hydrogens (primary N) is 1. The molecule has 0 aliphatic heterocycles. The van der Waals surface area contributed by atoms with Gasteiger partial charge in [0.1, 0.15) is 15.8 Å². The summed E-state index contributed by atoms with van der Waals surface area (Å²) in [6.07, 6.45) is 0. The molecule has 106 valence electrons. The molecule has 0 fully saturated rings. The lowest BCUT2D eigenvalue weighted by Crippen LogP contribution is -2.11. The van der Waals surface area contributed by atoms with Crippen molar-refractivity contribution in [2.45, 2.75) is 6.04 Å². The molecule has 0 amide bonds. The number of benzene rings is 2.